The number of anilines is 1. The Bertz CT molecular complexity index is 1280. The highest BCUT2D eigenvalue weighted by molar-refractivity contribution is 7.98. The van der Waals surface area contributed by atoms with Crippen molar-refractivity contribution in [2.24, 2.45) is 7.05 Å². The van der Waals surface area contributed by atoms with Crippen LogP contribution >= 0.6 is 11.8 Å². The van der Waals surface area contributed by atoms with Crippen molar-refractivity contribution >= 4 is 35.0 Å². The number of aromatic nitrogens is 2. The maximum atomic E-state index is 12.9. The molecule has 1 aromatic heterocycles. The third-order valence-corrected chi connectivity index (χ3v) is 5.85. The van der Waals surface area contributed by atoms with Gasteiger partial charge in [0.2, 0.25) is 0 Å². The molecular weight excluding hydrogens is 448 g/mol. The second-order valence-corrected chi connectivity index (χ2v) is 7.97. The van der Waals surface area contributed by atoms with E-state index in [-0.39, 0.29) is 16.9 Å². The van der Waals surface area contributed by atoms with Crippen LogP contribution in [0.25, 0.3) is 5.69 Å². The monoisotopic (exact) mass is 470 g/mol. The Kier molecular flexibility index (Phi) is 7.02. The van der Waals surface area contributed by atoms with Crippen molar-refractivity contribution in [1.82, 2.24) is 9.36 Å². The molecular formula is C22H22N4O6S. The Balaban J connectivity index is 1.78. The Morgan fingerprint density at radius 3 is 2.45 bits per heavy atom. The van der Waals surface area contributed by atoms with Gasteiger partial charge < -0.3 is 10.1 Å². The molecule has 1 heterocycles. The Morgan fingerprint density at radius 1 is 1.18 bits per heavy atom. The topological polar surface area (TPSA) is 125 Å². The van der Waals surface area contributed by atoms with Gasteiger partial charge in [0.15, 0.2) is 6.10 Å². The molecule has 0 unspecified atom stereocenters. The maximum Gasteiger partial charge on any atom is 0.339 e. The van der Waals surface area contributed by atoms with E-state index in [1.807, 2.05) is 6.07 Å². The van der Waals surface area contributed by atoms with E-state index in [2.05, 4.69) is 5.32 Å². The second kappa shape index (κ2) is 9.74. The molecule has 0 aliphatic heterocycles. The fourth-order valence-electron chi connectivity index (χ4n) is 3.18. The van der Waals surface area contributed by atoms with E-state index in [1.165, 1.54) is 35.5 Å². The van der Waals surface area contributed by atoms with Gasteiger partial charge in [-0.2, -0.15) is 0 Å². The van der Waals surface area contributed by atoms with Crippen molar-refractivity contribution < 1.29 is 19.2 Å². The number of ether oxygens (including phenoxy) is 1. The number of para-hydroxylation sites is 1. The third kappa shape index (κ3) is 4.82. The van der Waals surface area contributed by atoms with Crippen molar-refractivity contribution in [3.05, 3.63) is 80.3 Å². The summed E-state index contributed by atoms with van der Waals surface area (Å²) in [5.74, 6) is -1.59. The van der Waals surface area contributed by atoms with Crippen molar-refractivity contribution in [3.8, 4) is 5.69 Å². The van der Waals surface area contributed by atoms with Crippen molar-refractivity contribution in [1.29, 1.82) is 0 Å². The molecule has 1 amide bonds. The Morgan fingerprint density at radius 2 is 1.85 bits per heavy atom. The molecule has 0 spiro atoms. The first-order valence-corrected chi connectivity index (χ1v) is 11.1. The SMILES string of the molecule is CSc1ccc(C(=O)O[C@H](C)C(=O)Nc2c(C)n(C)n(-c3ccccc3)c2=O)cc1[N+](=O)[O-]. The minimum atomic E-state index is -1.25. The van der Waals surface area contributed by atoms with Crippen molar-refractivity contribution in [2.75, 3.05) is 11.6 Å². The number of benzene rings is 2. The number of nitro benzene ring substituents is 1. The number of esters is 1. The highest BCUT2D eigenvalue weighted by atomic mass is 32.2. The van der Waals surface area contributed by atoms with Crippen LogP contribution in [0.1, 0.15) is 23.0 Å². The fraction of sp³-hybridized carbons (Fsp3) is 0.227. The van der Waals surface area contributed by atoms with E-state index in [1.54, 1.807) is 49.2 Å². The van der Waals surface area contributed by atoms with Gasteiger partial charge in [0.25, 0.3) is 17.2 Å². The van der Waals surface area contributed by atoms with Gasteiger partial charge in [-0.1, -0.05) is 18.2 Å². The fourth-order valence-corrected chi connectivity index (χ4v) is 3.73. The molecule has 0 aliphatic carbocycles. The van der Waals surface area contributed by atoms with Crippen LogP contribution in [-0.4, -0.2) is 38.5 Å². The van der Waals surface area contributed by atoms with E-state index in [0.717, 1.165) is 6.07 Å². The molecule has 0 bridgehead atoms. The average Bonchev–Trinajstić information content (AvgIpc) is 3.01. The lowest BCUT2D eigenvalue weighted by atomic mass is 10.2. The quantitative estimate of drug-likeness (QED) is 0.243. The molecule has 33 heavy (non-hydrogen) atoms. The summed E-state index contributed by atoms with van der Waals surface area (Å²) >= 11 is 1.18. The lowest BCUT2D eigenvalue weighted by molar-refractivity contribution is -0.387. The van der Waals surface area contributed by atoms with Gasteiger partial charge in [-0.15, -0.1) is 11.8 Å². The first-order valence-electron chi connectivity index (χ1n) is 9.84. The summed E-state index contributed by atoms with van der Waals surface area (Å²) in [5, 5.41) is 13.8. The van der Waals surface area contributed by atoms with Crippen LogP contribution in [0.15, 0.2) is 58.2 Å². The van der Waals surface area contributed by atoms with E-state index in [9.17, 15) is 24.5 Å². The molecule has 3 rings (SSSR count). The van der Waals surface area contributed by atoms with Crippen LogP contribution in [0.5, 0.6) is 0 Å². The van der Waals surface area contributed by atoms with Gasteiger partial charge >= 0.3 is 5.97 Å². The molecule has 0 radical (unpaired) electrons. The third-order valence-electron chi connectivity index (χ3n) is 5.07. The number of amides is 1. The summed E-state index contributed by atoms with van der Waals surface area (Å²) in [4.78, 5) is 49.1. The number of hydrogen-bond acceptors (Lipinski definition) is 7. The zero-order valence-corrected chi connectivity index (χ0v) is 19.2. The first kappa shape index (κ1) is 23.8. The Hall–Kier alpha value is -3.86. The normalized spacial score (nSPS) is 11.6. The summed E-state index contributed by atoms with van der Waals surface area (Å²) in [6, 6.07) is 12.9. The summed E-state index contributed by atoms with van der Waals surface area (Å²) in [6.45, 7) is 3.03. The van der Waals surface area contributed by atoms with Crippen LogP contribution < -0.4 is 10.9 Å². The molecule has 1 N–H and O–H groups in total. The highest BCUT2D eigenvalue weighted by Gasteiger charge is 2.25. The van der Waals surface area contributed by atoms with Gasteiger partial charge in [0, 0.05) is 13.1 Å². The van der Waals surface area contributed by atoms with Gasteiger partial charge in [-0.05, 0) is 44.4 Å². The van der Waals surface area contributed by atoms with Crippen LogP contribution in [0, 0.1) is 17.0 Å². The summed E-state index contributed by atoms with van der Waals surface area (Å²) in [6.07, 6.45) is 0.435. The lowest BCUT2D eigenvalue weighted by Crippen LogP contribution is -2.32. The number of carbonyl (C=O) groups is 2. The summed E-state index contributed by atoms with van der Waals surface area (Å²) in [5.41, 5.74) is 0.491. The van der Waals surface area contributed by atoms with Crippen molar-refractivity contribution in [3.63, 3.8) is 0 Å². The highest BCUT2D eigenvalue weighted by Crippen LogP contribution is 2.28. The molecule has 3 aromatic rings. The molecule has 0 saturated carbocycles. The van der Waals surface area contributed by atoms with Crippen molar-refractivity contribution in [2.45, 2.75) is 24.8 Å². The number of thioether (sulfide) groups is 1. The second-order valence-electron chi connectivity index (χ2n) is 7.12. The number of rotatable bonds is 7. The molecule has 172 valence electrons. The average molecular weight is 471 g/mol. The number of nitrogens with zero attached hydrogens (tertiary/aromatic N) is 3. The molecule has 1 atom stereocenters. The van der Waals surface area contributed by atoms with Crippen LogP contribution in [0.2, 0.25) is 0 Å². The predicted molar refractivity (Wildman–Crippen MR) is 124 cm³/mol. The van der Waals surface area contributed by atoms with Crippen LogP contribution in [0.4, 0.5) is 11.4 Å². The zero-order valence-electron chi connectivity index (χ0n) is 18.4. The minimum Gasteiger partial charge on any atom is -0.449 e. The van der Waals surface area contributed by atoms with Crippen LogP contribution in [-0.2, 0) is 16.6 Å². The number of carbonyl (C=O) groups excluding carboxylic acids is 2. The van der Waals surface area contributed by atoms with E-state index in [4.69, 9.17) is 4.74 Å². The smallest absolute Gasteiger partial charge is 0.339 e. The van der Waals surface area contributed by atoms with E-state index < -0.39 is 28.5 Å². The van der Waals surface area contributed by atoms with Gasteiger partial charge in [-0.25, -0.2) is 9.48 Å². The van der Waals surface area contributed by atoms with Gasteiger partial charge in [0.1, 0.15) is 5.69 Å². The summed E-state index contributed by atoms with van der Waals surface area (Å²) < 4.78 is 8.20. The molecule has 0 saturated heterocycles. The maximum absolute atomic E-state index is 12.9. The summed E-state index contributed by atoms with van der Waals surface area (Å²) in [7, 11) is 1.69. The molecule has 0 aliphatic rings. The number of nitro groups is 1. The molecule has 11 heteroatoms. The Labute approximate surface area is 193 Å². The zero-order chi connectivity index (χ0) is 24.3. The molecule has 0 fully saturated rings. The standard InChI is InChI=1S/C22H22N4O6S/c1-13-19(21(28)25(24(13)3)16-8-6-5-7-9-16)23-20(27)14(2)32-22(29)15-10-11-18(33-4)17(12-15)26(30)31/h5-12,14H,1-4H3,(H,23,27)/t14-/m1/s1. The van der Waals surface area contributed by atoms with E-state index in [0.29, 0.717) is 16.3 Å². The number of hydrogen-bond donors (Lipinski definition) is 1. The molecule has 2 aromatic carbocycles. The number of nitrogens with one attached hydrogen (secondary N) is 1. The van der Waals surface area contributed by atoms with Gasteiger partial charge in [-0.3, -0.25) is 24.4 Å². The minimum absolute atomic E-state index is 0.0542. The molecule has 10 nitrogen and oxygen atoms in total. The lowest BCUT2D eigenvalue weighted by Gasteiger charge is -2.13. The first-order chi connectivity index (χ1) is 15.6. The van der Waals surface area contributed by atoms with E-state index >= 15 is 0 Å². The largest absolute Gasteiger partial charge is 0.449 e. The predicted octanol–water partition coefficient (Wildman–Crippen LogP) is 3.30. The van der Waals surface area contributed by atoms with Gasteiger partial charge in [0.05, 0.1) is 26.8 Å². The van der Waals surface area contributed by atoms with Crippen LogP contribution in [0.3, 0.4) is 0 Å².